The van der Waals surface area contributed by atoms with Crippen LogP contribution in [-0.4, -0.2) is 0 Å². The molecule has 6 unspecified atom stereocenters. The fourth-order valence-corrected chi connectivity index (χ4v) is 22.3. The van der Waals surface area contributed by atoms with Gasteiger partial charge in [0.15, 0.2) is 0 Å². The molecule has 125 heavy (non-hydrogen) atoms. The van der Waals surface area contributed by atoms with Crippen LogP contribution in [0, 0.1) is 115 Å². The Balaban J connectivity index is 0.941. The Kier molecular flexibility index (Phi) is 41.9. The van der Waals surface area contributed by atoms with E-state index in [-0.39, 0.29) is 17.8 Å². The fraction of sp³-hybridized carbons (Fsp3) is 0.504. The minimum absolute atomic E-state index is 0.222. The number of unbranched alkanes of at least 4 members (excludes halogenated alkanes) is 1. The summed E-state index contributed by atoms with van der Waals surface area (Å²) in [5.74, 6) is 5.72. The number of allylic oxidation sites excluding steroid dienone is 22. The molecule has 0 saturated heterocycles. The molecule has 15 atom stereocenters. The van der Waals surface area contributed by atoms with Crippen molar-refractivity contribution in [2.24, 2.45) is 94.7 Å². The quantitative estimate of drug-likeness (QED) is 0.0305. The lowest BCUT2D eigenvalue weighted by Crippen LogP contribution is -2.23. The first-order chi connectivity index (χ1) is 59.6. The topological polar surface area (TPSA) is 0 Å². The maximum atomic E-state index is 5.21. The Bertz CT molecular complexity index is 4490. The molecule has 0 radical (unpaired) electrons. The highest BCUT2D eigenvalue weighted by Gasteiger charge is 2.39. The van der Waals surface area contributed by atoms with Gasteiger partial charge in [-0.2, -0.15) is 0 Å². The van der Waals surface area contributed by atoms with E-state index < -0.39 is 0 Å². The molecule has 0 spiro atoms. The van der Waals surface area contributed by atoms with Crippen LogP contribution in [0.25, 0.3) is 5.57 Å². The minimum atomic E-state index is 0.222. The molecule has 4 aromatic carbocycles. The van der Waals surface area contributed by atoms with Crippen LogP contribution < -0.4 is 0 Å². The van der Waals surface area contributed by atoms with Crippen LogP contribution in [0.3, 0.4) is 0 Å². The zero-order chi connectivity index (χ0) is 91.1. The molecule has 4 aromatic rings. The molecule has 0 aromatic heterocycles. The van der Waals surface area contributed by atoms with Crippen LogP contribution in [0.15, 0.2) is 321 Å². The van der Waals surface area contributed by atoms with Crippen molar-refractivity contribution >= 4 is 5.57 Å². The first-order valence-electron chi connectivity index (χ1n) is 49.6. The Morgan fingerprint density at radius 1 is 0.360 bits per heavy atom. The summed E-state index contributed by atoms with van der Waals surface area (Å²) in [6, 6.07) is 36.8. The van der Waals surface area contributed by atoms with Gasteiger partial charge in [-0.05, 0) is 375 Å². The first-order valence-corrected chi connectivity index (χ1v) is 49.6. The molecule has 0 aliphatic heterocycles. The van der Waals surface area contributed by atoms with Gasteiger partial charge in [0.1, 0.15) is 0 Å². The maximum absolute atomic E-state index is 5.21. The van der Waals surface area contributed by atoms with Crippen molar-refractivity contribution in [1.29, 1.82) is 0 Å². The van der Waals surface area contributed by atoms with Crippen molar-refractivity contribution in [3.8, 4) is 0 Å². The molecule has 0 bridgehead atoms. The second kappa shape index (κ2) is 51.2. The van der Waals surface area contributed by atoms with Gasteiger partial charge in [-0.3, -0.25) is 0 Å². The molecule has 674 valence electrons. The Morgan fingerprint density at radius 2 is 0.776 bits per heavy atom. The van der Waals surface area contributed by atoms with Gasteiger partial charge in [-0.15, -0.1) is 19.7 Å². The van der Waals surface area contributed by atoms with Crippen molar-refractivity contribution in [1.82, 2.24) is 0 Å². The van der Waals surface area contributed by atoms with Crippen molar-refractivity contribution in [3.63, 3.8) is 0 Å². The van der Waals surface area contributed by atoms with Gasteiger partial charge < -0.3 is 0 Å². The van der Waals surface area contributed by atoms with Crippen molar-refractivity contribution in [2.45, 2.75) is 308 Å². The van der Waals surface area contributed by atoms with E-state index in [1.54, 1.807) is 0 Å². The van der Waals surface area contributed by atoms with Crippen molar-refractivity contribution in [3.05, 3.63) is 366 Å². The summed E-state index contributed by atoms with van der Waals surface area (Å²) in [4.78, 5) is 0. The standard InChI is InChI=1S/C125H174/c1-29-109(71-96(20)117(80-105-41-33-34-42-105)75-94(18)110(30-2)72-97(21)119(82-107-60-54-89(13)55-61-107)77-99(23)115(66-86(8)9)69-91(15)51-50-85(6)7)93(17)73-111(31-3)103(27)123-48-39-47-122(123)102(26)79-116(67-87(10)11)98(22)74-113(44-35-32-40-84(4)5)95(19)76-118(81-106-58-52-88(12)53-59-106)100(24)78-120(83-108-62-56-90(14)57-63-108)104(28)124-49-38-46-121(124)101(25)68-92(16)70-114-65-64-112-43-36-37-45-125(112)114/h33-34,36-37,41,43,45,52-63,65,87,92,109-111,113,115-124H,4,6,8,15,17-32,35,38-40,42,44,46-51,64,66-83H2,1-3,5,7,9-14,16H3/t92-,109?,110+,111+,113?,115+,116+,117-,118?,119?,120-,121-,122-,123?,124?/m0/s1. The molecule has 4 aliphatic rings. The summed E-state index contributed by atoms with van der Waals surface area (Å²) < 4.78 is 0. The van der Waals surface area contributed by atoms with E-state index in [4.69, 9.17) is 78.9 Å². The SMILES string of the molecule is C=C(C)CCCCC(CC(=C)[C@@H](CC(=C)[C@@H]1CCCC1C(=C)[C@H](CC)CC(=C)C(CC)CC(=C)[C@@H](CC(=C)[C@H](CC)CC(=C)C(CC(=C)[C@H](CC(=C)C)CC(=C)CCC(=C)C)Cc1ccc(C)cc1)CC1=CC=CC1)CC(C)C)C(=C)CC(Cc1ccc(C)cc1)C(=C)C[C@@H](Cc1ccc(C)cc1)C(=C)C1CCC[C@H]1C(=C)C[C@H](C)CC1=CCc2ccccc21. The molecular weight excluding hydrogens is 1500 g/mol. The second-order valence-electron chi connectivity index (χ2n) is 41.8. The summed E-state index contributed by atoms with van der Waals surface area (Å²) >= 11 is 0. The van der Waals surface area contributed by atoms with Gasteiger partial charge in [-0.25, -0.2) is 0 Å². The van der Waals surface area contributed by atoms with E-state index in [9.17, 15) is 0 Å². The number of aryl methyl sites for hydroxylation is 3. The zero-order valence-corrected chi connectivity index (χ0v) is 81.8. The largest absolute Gasteiger partial charge is 0.100 e. The lowest BCUT2D eigenvalue weighted by molar-refractivity contribution is 0.378. The molecule has 0 nitrogen and oxygen atoms in total. The Labute approximate surface area is 768 Å². The van der Waals surface area contributed by atoms with Gasteiger partial charge in [0.25, 0.3) is 0 Å². The van der Waals surface area contributed by atoms with Gasteiger partial charge in [-0.1, -0.05) is 379 Å². The molecular formula is C125H174. The highest BCUT2D eigenvalue weighted by atomic mass is 14.4. The van der Waals surface area contributed by atoms with Crippen LogP contribution in [0.5, 0.6) is 0 Å². The molecule has 2 saturated carbocycles. The summed E-state index contributed by atoms with van der Waals surface area (Å²) in [5, 5.41) is 0. The Morgan fingerprint density at radius 3 is 1.26 bits per heavy atom. The smallest absolute Gasteiger partial charge is 0.00854 e. The average molecular weight is 1680 g/mol. The predicted molar refractivity (Wildman–Crippen MR) is 556 cm³/mol. The number of rotatable bonds is 61. The molecule has 4 aliphatic carbocycles. The molecule has 2 fully saturated rings. The van der Waals surface area contributed by atoms with E-state index in [2.05, 4.69) is 231 Å². The monoisotopic (exact) mass is 1680 g/mol. The van der Waals surface area contributed by atoms with E-state index in [0.29, 0.717) is 76.9 Å². The van der Waals surface area contributed by atoms with E-state index >= 15 is 0 Å². The molecule has 8 rings (SSSR count). The lowest BCUT2D eigenvalue weighted by Gasteiger charge is -2.34. The van der Waals surface area contributed by atoms with Gasteiger partial charge >= 0.3 is 0 Å². The van der Waals surface area contributed by atoms with Gasteiger partial charge in [0.2, 0.25) is 0 Å². The van der Waals surface area contributed by atoms with Crippen LogP contribution in [0.4, 0.5) is 0 Å². The molecule has 0 amide bonds. The number of benzene rings is 4. The van der Waals surface area contributed by atoms with E-state index in [1.165, 1.54) is 183 Å². The molecule has 0 heteroatoms. The van der Waals surface area contributed by atoms with Crippen molar-refractivity contribution < 1.29 is 0 Å². The zero-order valence-electron chi connectivity index (χ0n) is 81.8. The normalized spacial score (nSPS) is 18.7. The lowest BCUT2D eigenvalue weighted by atomic mass is 9.71. The molecule has 0 N–H and O–H groups in total. The maximum Gasteiger partial charge on any atom is -0.00854 e. The molecule has 0 heterocycles. The van der Waals surface area contributed by atoms with Crippen LogP contribution >= 0.6 is 0 Å². The highest BCUT2D eigenvalue weighted by molar-refractivity contribution is 5.73. The average Bonchev–Trinajstić information content (AvgIpc) is 1.73. The van der Waals surface area contributed by atoms with Crippen LogP contribution in [-0.2, 0) is 25.7 Å². The summed E-state index contributed by atoms with van der Waals surface area (Å²) in [5.41, 5.74) is 35.3. The van der Waals surface area contributed by atoms with Gasteiger partial charge in [0, 0.05) is 0 Å². The second-order valence-corrected chi connectivity index (χ2v) is 41.8. The highest BCUT2D eigenvalue weighted by Crippen LogP contribution is 2.51. The number of hydrogen-bond donors (Lipinski definition) is 0. The third kappa shape index (κ3) is 32.6. The van der Waals surface area contributed by atoms with E-state index in [1.807, 2.05) is 0 Å². The predicted octanol–water partition coefficient (Wildman–Crippen LogP) is 36.8. The Hall–Kier alpha value is -8.06. The van der Waals surface area contributed by atoms with Gasteiger partial charge in [0.05, 0.1) is 0 Å². The van der Waals surface area contributed by atoms with Crippen LogP contribution in [0.2, 0.25) is 0 Å². The third-order valence-corrected chi connectivity index (χ3v) is 30.2. The first kappa shape index (κ1) is 102. The van der Waals surface area contributed by atoms with E-state index in [0.717, 1.165) is 186 Å². The summed E-state index contributed by atoms with van der Waals surface area (Å²) in [6.07, 6.45) is 45.5. The summed E-state index contributed by atoms with van der Waals surface area (Å²) in [6.45, 7) is 106. The third-order valence-electron chi connectivity index (χ3n) is 30.2. The number of hydrogen-bond acceptors (Lipinski definition) is 0. The fourth-order valence-electron chi connectivity index (χ4n) is 22.3. The minimum Gasteiger partial charge on any atom is -0.100 e. The van der Waals surface area contributed by atoms with Crippen LogP contribution in [0.1, 0.15) is 306 Å². The summed E-state index contributed by atoms with van der Waals surface area (Å²) in [7, 11) is 0. The van der Waals surface area contributed by atoms with Crippen molar-refractivity contribution in [2.75, 3.05) is 0 Å². The number of fused-ring (bicyclic) bond motifs is 1.